The highest BCUT2D eigenvalue weighted by Gasteiger charge is 2.45. The number of carbonyl (C=O) groups excluding carboxylic acids is 5. The second kappa shape index (κ2) is 16.5. The van der Waals surface area contributed by atoms with E-state index in [9.17, 15) is 39.0 Å². The average Bonchev–Trinajstić information content (AvgIpc) is 3.26. The molecule has 2 aliphatic rings. The molecular weight excluding hydrogens is 604 g/mol. The van der Waals surface area contributed by atoms with Gasteiger partial charge in [-0.3, -0.25) is 28.9 Å². The summed E-state index contributed by atoms with van der Waals surface area (Å²) >= 11 is 0. The largest absolute Gasteiger partial charge is 0.479 e. The van der Waals surface area contributed by atoms with Gasteiger partial charge in [-0.15, -0.1) is 0 Å². The van der Waals surface area contributed by atoms with Crippen molar-refractivity contribution in [1.29, 1.82) is 0 Å². The van der Waals surface area contributed by atoms with Crippen LogP contribution in [0.25, 0.3) is 0 Å². The molecule has 5 atom stereocenters. The molecule has 2 heterocycles. The first-order chi connectivity index (χ1) is 21.7. The highest BCUT2D eigenvalue weighted by Crippen LogP contribution is 2.31. The van der Waals surface area contributed by atoms with Crippen LogP contribution in [-0.4, -0.2) is 88.3 Å². The van der Waals surface area contributed by atoms with Crippen molar-refractivity contribution in [3.05, 3.63) is 23.8 Å². The Hall–Kier alpha value is -4.08. The monoisotopic (exact) mass is 648 g/mol. The number of nitrogens with two attached hydrogens (primary N) is 1. The minimum absolute atomic E-state index is 0.00486. The number of hydrogen-bond acceptors (Lipinski definition) is 11. The number of carboxylic acids is 1. The summed E-state index contributed by atoms with van der Waals surface area (Å²) in [5.74, 6) is -4.19. The number of benzene rings is 1. The summed E-state index contributed by atoms with van der Waals surface area (Å²) in [6.45, 7) is 6.89. The number of carboxylic acid groups (broad SMARTS) is 1. The van der Waals surface area contributed by atoms with Crippen LogP contribution < -0.4 is 21.1 Å². The third-order valence-electron chi connectivity index (χ3n) is 7.60. The zero-order chi connectivity index (χ0) is 34.1. The molecule has 1 aromatic rings. The maximum absolute atomic E-state index is 13.0. The van der Waals surface area contributed by atoms with Gasteiger partial charge in [0.1, 0.15) is 18.4 Å². The number of ether oxygens (including phenoxy) is 3. The number of carbonyl (C=O) groups is 6. The molecule has 0 saturated carbocycles. The van der Waals surface area contributed by atoms with E-state index in [1.165, 1.54) is 12.1 Å². The maximum atomic E-state index is 13.0. The number of aliphatic hydroxyl groups excluding tert-OH is 1. The summed E-state index contributed by atoms with van der Waals surface area (Å²) in [6.07, 6.45) is -3.50. The van der Waals surface area contributed by atoms with Crippen molar-refractivity contribution < 1.29 is 53.2 Å². The highest BCUT2D eigenvalue weighted by atomic mass is 16.7. The van der Waals surface area contributed by atoms with Gasteiger partial charge < -0.3 is 40.8 Å². The lowest BCUT2D eigenvalue weighted by molar-refractivity contribution is -0.195. The number of imide groups is 1. The molecule has 0 aromatic heterocycles. The standard InChI is InChI=1S/C31H44N4O11/c1-16(2)9-27(39)44-15-18-5-6-23(45-28-12-19(36)11-24(46-28)31(42)43)21(10-18)34-25(37)7-8-33-29(40)22(14-32)35-26(38)13-20(17(3)4)30(35)41/h5-6,10,16-17,19-20,22,24,28,36H,7-9,11-15,32H2,1-4H3,(H,33,40)(H,34,37)(H,42,43). The Labute approximate surface area is 267 Å². The van der Waals surface area contributed by atoms with Crippen LogP contribution in [0.1, 0.15) is 65.4 Å². The molecule has 46 heavy (non-hydrogen) atoms. The van der Waals surface area contributed by atoms with E-state index in [1.54, 1.807) is 6.07 Å². The normalized spacial score (nSPS) is 22.1. The molecule has 254 valence electrons. The predicted octanol–water partition coefficient (Wildman–Crippen LogP) is 0.909. The predicted molar refractivity (Wildman–Crippen MR) is 162 cm³/mol. The van der Waals surface area contributed by atoms with Crippen molar-refractivity contribution in [3.8, 4) is 5.75 Å². The molecule has 1 aromatic carbocycles. The summed E-state index contributed by atoms with van der Waals surface area (Å²) in [5.41, 5.74) is 6.42. The van der Waals surface area contributed by atoms with Crippen molar-refractivity contribution in [1.82, 2.24) is 10.2 Å². The molecular formula is C31H44N4O11. The van der Waals surface area contributed by atoms with Crippen LogP contribution in [0.15, 0.2) is 18.2 Å². The van der Waals surface area contributed by atoms with Gasteiger partial charge in [0.15, 0.2) is 6.10 Å². The van der Waals surface area contributed by atoms with Crippen LogP contribution in [0, 0.1) is 17.8 Å². The van der Waals surface area contributed by atoms with Crippen molar-refractivity contribution in [2.24, 2.45) is 23.5 Å². The molecule has 6 N–H and O–H groups in total. The maximum Gasteiger partial charge on any atom is 0.333 e. The molecule has 5 unspecified atom stereocenters. The van der Waals surface area contributed by atoms with Gasteiger partial charge >= 0.3 is 11.9 Å². The van der Waals surface area contributed by atoms with Crippen LogP contribution >= 0.6 is 0 Å². The Kier molecular flexibility index (Phi) is 13.0. The second-order valence-electron chi connectivity index (χ2n) is 12.2. The van der Waals surface area contributed by atoms with Crippen molar-refractivity contribution in [2.45, 2.75) is 90.9 Å². The second-order valence-corrected chi connectivity index (χ2v) is 12.2. The molecule has 2 saturated heterocycles. The number of anilines is 1. The molecule has 2 fully saturated rings. The molecule has 0 spiro atoms. The Morgan fingerprint density at radius 3 is 2.46 bits per heavy atom. The molecule has 15 heteroatoms. The van der Waals surface area contributed by atoms with E-state index in [1.807, 2.05) is 27.7 Å². The number of esters is 1. The van der Waals surface area contributed by atoms with Gasteiger partial charge in [0.2, 0.25) is 29.9 Å². The smallest absolute Gasteiger partial charge is 0.333 e. The first-order valence-electron chi connectivity index (χ1n) is 15.3. The molecule has 0 radical (unpaired) electrons. The van der Waals surface area contributed by atoms with Gasteiger partial charge in [-0.05, 0) is 29.5 Å². The van der Waals surface area contributed by atoms with Gasteiger partial charge in [-0.25, -0.2) is 4.79 Å². The number of rotatable bonds is 15. The Bertz CT molecular complexity index is 1300. The molecule has 0 bridgehead atoms. The van der Waals surface area contributed by atoms with E-state index in [-0.39, 0.29) is 75.1 Å². The lowest BCUT2D eigenvalue weighted by Gasteiger charge is -2.31. The highest BCUT2D eigenvalue weighted by molar-refractivity contribution is 6.07. The molecule has 15 nitrogen and oxygen atoms in total. The topological polar surface area (TPSA) is 224 Å². The first kappa shape index (κ1) is 36.4. The van der Waals surface area contributed by atoms with Crippen LogP contribution in [0.5, 0.6) is 5.75 Å². The van der Waals surface area contributed by atoms with Crippen LogP contribution in [0.2, 0.25) is 0 Å². The molecule has 4 amide bonds. The fraction of sp³-hybridized carbons (Fsp3) is 0.613. The fourth-order valence-electron chi connectivity index (χ4n) is 5.14. The van der Waals surface area contributed by atoms with Crippen molar-refractivity contribution in [3.63, 3.8) is 0 Å². The van der Waals surface area contributed by atoms with E-state index < -0.39 is 66.0 Å². The van der Waals surface area contributed by atoms with Crippen LogP contribution in [-0.2, 0) is 44.8 Å². The van der Waals surface area contributed by atoms with Gasteiger partial charge in [0.25, 0.3) is 0 Å². The lowest BCUT2D eigenvalue weighted by Crippen LogP contribution is -2.53. The number of nitrogens with zero attached hydrogens (tertiary/aromatic N) is 1. The third-order valence-corrected chi connectivity index (χ3v) is 7.60. The average molecular weight is 649 g/mol. The third kappa shape index (κ3) is 9.96. The Morgan fingerprint density at radius 1 is 1.13 bits per heavy atom. The number of likely N-dealkylation sites (tertiary alicyclic amines) is 1. The summed E-state index contributed by atoms with van der Waals surface area (Å²) in [4.78, 5) is 75.5. The summed E-state index contributed by atoms with van der Waals surface area (Å²) in [7, 11) is 0. The lowest BCUT2D eigenvalue weighted by atomic mass is 9.94. The summed E-state index contributed by atoms with van der Waals surface area (Å²) in [6, 6.07) is 3.40. The molecule has 3 rings (SSSR count). The van der Waals surface area contributed by atoms with Gasteiger partial charge in [-0.1, -0.05) is 33.8 Å². The Balaban J connectivity index is 1.67. The zero-order valence-electron chi connectivity index (χ0n) is 26.5. The van der Waals surface area contributed by atoms with Crippen molar-refractivity contribution >= 4 is 41.3 Å². The molecule has 0 aliphatic carbocycles. The van der Waals surface area contributed by atoms with Crippen LogP contribution in [0.4, 0.5) is 5.69 Å². The number of nitrogens with one attached hydrogen (secondary N) is 2. The molecule has 2 aliphatic heterocycles. The zero-order valence-corrected chi connectivity index (χ0v) is 26.5. The number of aliphatic hydroxyl groups is 1. The Morgan fingerprint density at radius 2 is 1.85 bits per heavy atom. The number of hydrogen-bond donors (Lipinski definition) is 5. The minimum Gasteiger partial charge on any atom is -0.479 e. The summed E-state index contributed by atoms with van der Waals surface area (Å²) < 4.78 is 16.6. The van der Waals surface area contributed by atoms with E-state index in [4.69, 9.17) is 19.9 Å². The van der Waals surface area contributed by atoms with Gasteiger partial charge in [-0.2, -0.15) is 0 Å². The van der Waals surface area contributed by atoms with Gasteiger partial charge in [0.05, 0.1) is 11.8 Å². The first-order valence-corrected chi connectivity index (χ1v) is 15.3. The van der Waals surface area contributed by atoms with Crippen LogP contribution in [0.3, 0.4) is 0 Å². The van der Waals surface area contributed by atoms with E-state index in [0.29, 0.717) is 5.56 Å². The van der Waals surface area contributed by atoms with Gasteiger partial charge in [0, 0.05) is 51.1 Å². The summed E-state index contributed by atoms with van der Waals surface area (Å²) in [5, 5.41) is 24.7. The van der Waals surface area contributed by atoms with E-state index in [2.05, 4.69) is 10.6 Å². The fourth-order valence-corrected chi connectivity index (χ4v) is 5.14. The number of aliphatic carboxylic acids is 1. The van der Waals surface area contributed by atoms with Crippen molar-refractivity contribution in [2.75, 3.05) is 18.4 Å². The number of amides is 4. The minimum atomic E-state index is -1.28. The SMILES string of the molecule is CC(C)CC(=O)OCc1ccc(OC2CC(O)CC(C(=O)O)O2)c(NC(=O)CCNC(=O)C(CN)N2C(=O)CC(C(C)C)C2=O)c1. The van der Waals surface area contributed by atoms with E-state index >= 15 is 0 Å². The van der Waals surface area contributed by atoms with E-state index in [0.717, 1.165) is 4.90 Å². The quantitative estimate of drug-likeness (QED) is 0.132.